The maximum Gasteiger partial charge on any atom is 0.252 e. The summed E-state index contributed by atoms with van der Waals surface area (Å²) >= 11 is 0. The highest BCUT2D eigenvalue weighted by Crippen LogP contribution is 2.57. The largest absolute Gasteiger partial charge is 0.311 e. The molecule has 448 valence electrons. The Morgan fingerprint density at radius 3 is 1.38 bits per heavy atom. The van der Waals surface area contributed by atoms with Gasteiger partial charge >= 0.3 is 0 Å². The zero-order chi connectivity index (χ0) is 62.6. The van der Waals surface area contributed by atoms with Crippen molar-refractivity contribution in [1.82, 2.24) is 0 Å². The van der Waals surface area contributed by atoms with E-state index in [4.69, 9.17) is 0 Å². The molecular weight excluding hydrogens is 1050 g/mol. The molecule has 0 bridgehead atoms. The normalized spacial score (nSPS) is 18.1. The molecule has 87 heavy (non-hydrogen) atoms. The van der Waals surface area contributed by atoms with Gasteiger partial charge in [0.25, 0.3) is 6.71 Å². The van der Waals surface area contributed by atoms with Gasteiger partial charge in [0.15, 0.2) is 0 Å². The van der Waals surface area contributed by atoms with Crippen LogP contribution in [0.3, 0.4) is 0 Å². The van der Waals surface area contributed by atoms with Crippen molar-refractivity contribution in [2.45, 2.75) is 227 Å². The summed E-state index contributed by atoms with van der Waals surface area (Å²) in [5.74, 6) is 0. The molecule has 3 nitrogen and oxygen atoms in total. The van der Waals surface area contributed by atoms with Crippen molar-refractivity contribution in [2.75, 3.05) is 14.7 Å². The first-order valence-corrected chi connectivity index (χ1v) is 32.9. The minimum absolute atomic E-state index is 0.00000493. The number of hydrogen-bond donors (Lipinski definition) is 0. The summed E-state index contributed by atoms with van der Waals surface area (Å²) in [6.07, 6.45) is 3.45. The van der Waals surface area contributed by atoms with Crippen LogP contribution in [0, 0.1) is 6.92 Å². The van der Waals surface area contributed by atoms with Crippen LogP contribution in [0.4, 0.5) is 51.2 Å². The van der Waals surface area contributed by atoms with Crippen molar-refractivity contribution in [1.29, 1.82) is 0 Å². The van der Waals surface area contributed by atoms with E-state index in [1.165, 1.54) is 129 Å². The molecule has 2 heterocycles. The van der Waals surface area contributed by atoms with Gasteiger partial charge in [-0.05, 0) is 231 Å². The first-order chi connectivity index (χ1) is 40.3. The van der Waals surface area contributed by atoms with Crippen LogP contribution in [0.15, 0.2) is 140 Å². The van der Waals surface area contributed by atoms with Gasteiger partial charge in [-0.3, -0.25) is 0 Å². The van der Waals surface area contributed by atoms with Crippen molar-refractivity contribution < 1.29 is 0 Å². The van der Waals surface area contributed by atoms with Crippen LogP contribution in [-0.2, 0) is 48.7 Å². The highest BCUT2D eigenvalue weighted by molar-refractivity contribution is 7.00. The van der Waals surface area contributed by atoms with Crippen molar-refractivity contribution >= 4 is 74.3 Å². The molecule has 8 aromatic rings. The molecule has 4 heteroatoms. The van der Waals surface area contributed by atoms with E-state index in [9.17, 15) is 0 Å². The third kappa shape index (κ3) is 9.31. The topological polar surface area (TPSA) is 9.72 Å². The maximum atomic E-state index is 2.77. The Morgan fingerprint density at radius 1 is 0.356 bits per heavy atom. The number of benzene rings is 8. The third-order valence-electron chi connectivity index (χ3n) is 21.8. The molecule has 2 aliphatic heterocycles. The molecule has 13 rings (SSSR count). The van der Waals surface area contributed by atoms with Crippen LogP contribution in [0.2, 0.25) is 0 Å². The van der Waals surface area contributed by atoms with Crippen LogP contribution in [0.5, 0.6) is 0 Å². The SMILES string of the molecule is Cc1cc2c(cc1N1c3cc4c(cc3B3c5ccc(N(c6ccc(C(C)(C)C)cc6)c6ccc(C(C)(C)C)cc6)cc5N(c5ccc6c(c5)-c5ccc(C(C)(C)C)cc5C6(C)C)c5cc(C(C)(C)C)cc1c53)C(C)(C)CC4(C)C)C(C)(C)CCC2(C)C. The van der Waals surface area contributed by atoms with Crippen molar-refractivity contribution in [3.8, 4) is 11.1 Å². The van der Waals surface area contributed by atoms with E-state index in [2.05, 4.69) is 313 Å². The summed E-state index contributed by atoms with van der Waals surface area (Å²) < 4.78 is 0. The number of aryl methyl sites for hydroxylation is 1. The highest BCUT2D eigenvalue weighted by Gasteiger charge is 2.50. The second kappa shape index (κ2) is 18.9. The van der Waals surface area contributed by atoms with E-state index >= 15 is 0 Å². The number of rotatable bonds is 5. The third-order valence-corrected chi connectivity index (χ3v) is 21.8. The molecule has 0 aromatic heterocycles. The fourth-order valence-electron chi connectivity index (χ4n) is 16.5. The van der Waals surface area contributed by atoms with E-state index in [0.717, 1.165) is 29.9 Å². The van der Waals surface area contributed by atoms with Gasteiger partial charge in [-0.25, -0.2) is 0 Å². The van der Waals surface area contributed by atoms with Crippen LogP contribution in [-0.4, -0.2) is 6.71 Å². The Balaban J connectivity index is 1.14. The summed E-state index contributed by atoms with van der Waals surface area (Å²) in [6.45, 7) is 55.3. The number of anilines is 9. The van der Waals surface area contributed by atoms with Gasteiger partial charge in [-0.15, -0.1) is 0 Å². The molecule has 5 aliphatic rings. The Labute approximate surface area is 525 Å². The zero-order valence-corrected chi connectivity index (χ0v) is 57.3. The Morgan fingerprint density at radius 2 is 0.828 bits per heavy atom. The highest BCUT2D eigenvalue weighted by atomic mass is 15.2. The van der Waals surface area contributed by atoms with Gasteiger partial charge in [0.1, 0.15) is 0 Å². The Kier molecular flexibility index (Phi) is 12.9. The first-order valence-electron chi connectivity index (χ1n) is 32.9. The average molecular weight is 1150 g/mol. The lowest BCUT2D eigenvalue weighted by molar-refractivity contribution is 0.332. The van der Waals surface area contributed by atoms with E-state index in [-0.39, 0.29) is 55.4 Å². The summed E-state index contributed by atoms with van der Waals surface area (Å²) in [5, 5.41) is 0. The van der Waals surface area contributed by atoms with E-state index in [0.29, 0.717) is 0 Å². The minimum Gasteiger partial charge on any atom is -0.311 e. The second-order valence-electron chi connectivity index (χ2n) is 34.7. The summed E-state index contributed by atoms with van der Waals surface area (Å²) in [5.41, 5.74) is 33.1. The molecule has 8 aromatic carbocycles. The molecule has 0 N–H and O–H groups in total. The van der Waals surface area contributed by atoms with Gasteiger partial charge in [-0.2, -0.15) is 0 Å². The number of nitrogens with zero attached hydrogens (tertiary/aromatic N) is 3. The van der Waals surface area contributed by atoms with Crippen LogP contribution in [0.1, 0.15) is 233 Å². The predicted octanol–water partition coefficient (Wildman–Crippen LogP) is 21.4. The van der Waals surface area contributed by atoms with E-state index in [1.54, 1.807) is 0 Å². The first kappa shape index (κ1) is 59.2. The van der Waals surface area contributed by atoms with Gasteiger partial charge in [0.05, 0.1) is 0 Å². The molecule has 0 atom stereocenters. The van der Waals surface area contributed by atoms with Crippen LogP contribution >= 0.6 is 0 Å². The molecule has 0 fully saturated rings. The van der Waals surface area contributed by atoms with Crippen LogP contribution < -0.4 is 31.1 Å². The lowest BCUT2D eigenvalue weighted by atomic mass is 9.33. The molecule has 0 saturated carbocycles. The van der Waals surface area contributed by atoms with E-state index < -0.39 is 0 Å². The van der Waals surface area contributed by atoms with E-state index in [1.807, 2.05) is 0 Å². The zero-order valence-electron chi connectivity index (χ0n) is 57.3. The average Bonchev–Trinajstić information content (AvgIpc) is 1.48. The summed E-state index contributed by atoms with van der Waals surface area (Å²) in [6, 6.07) is 56.9. The smallest absolute Gasteiger partial charge is 0.252 e. The predicted molar refractivity (Wildman–Crippen MR) is 378 cm³/mol. The molecule has 3 aliphatic carbocycles. The van der Waals surface area contributed by atoms with Crippen molar-refractivity contribution in [2.24, 2.45) is 0 Å². The lowest BCUT2D eigenvalue weighted by Crippen LogP contribution is -2.61. The van der Waals surface area contributed by atoms with Crippen molar-refractivity contribution in [3.63, 3.8) is 0 Å². The molecule has 0 saturated heterocycles. The van der Waals surface area contributed by atoms with Gasteiger partial charge < -0.3 is 14.7 Å². The summed E-state index contributed by atoms with van der Waals surface area (Å²) in [4.78, 5) is 7.98. The molecule has 0 radical (unpaired) electrons. The van der Waals surface area contributed by atoms with Gasteiger partial charge in [0, 0.05) is 56.6 Å². The van der Waals surface area contributed by atoms with Crippen LogP contribution in [0.25, 0.3) is 11.1 Å². The van der Waals surface area contributed by atoms with Gasteiger partial charge in [0.2, 0.25) is 0 Å². The summed E-state index contributed by atoms with van der Waals surface area (Å²) in [7, 11) is 0. The lowest BCUT2D eigenvalue weighted by Gasteiger charge is -2.47. The molecule has 0 unspecified atom stereocenters. The fraction of sp³-hybridized carbons (Fsp3) is 0.422. The quantitative estimate of drug-likeness (QED) is 0.159. The monoisotopic (exact) mass is 1150 g/mol. The Bertz CT molecular complexity index is 4090. The second-order valence-corrected chi connectivity index (χ2v) is 34.7. The molecule has 0 spiro atoms. The Hall–Kier alpha value is -6.78. The molecule has 0 amide bonds. The maximum absolute atomic E-state index is 2.77. The number of fused-ring (bicyclic) bond motifs is 9. The minimum atomic E-state index is -0.178. The fourth-order valence-corrected chi connectivity index (χ4v) is 16.5. The van der Waals surface area contributed by atoms with Gasteiger partial charge in [-0.1, -0.05) is 219 Å². The number of hydrogen-bond acceptors (Lipinski definition) is 3. The molecular formula is C83H98BN3. The van der Waals surface area contributed by atoms with Crippen molar-refractivity contribution in [3.05, 3.63) is 201 Å². The standard InChI is InChI=1S/C83H98BN3/c1-50-40-63-65(80(16,17)39-38-79(63,14)15)47-69(50)87-71-48-66-64(81(18,19)49-82(66,20)21)46-68(71)84-67-37-34-58(85(55-29-24-51(25-30-55)75(2,3)4)56-31-26-52(27-32-56)76(5,6)7)45-70(67)86(72-42-54(78(11,12)13)43-73(87)74(72)84)57-33-36-61-60(44-57)59-35-28-53(77(8,9)10)41-62(59)83(61,22)23/h24-37,40-48H,38-39,49H2,1-23H3.